The van der Waals surface area contributed by atoms with Gasteiger partial charge in [0.2, 0.25) is 0 Å². The Hall–Kier alpha value is -1.52. The van der Waals surface area contributed by atoms with Gasteiger partial charge in [-0.3, -0.25) is 0 Å². The Morgan fingerprint density at radius 3 is 2.04 bits per heavy atom. The van der Waals surface area contributed by atoms with Crippen LogP contribution in [0.15, 0.2) is 24.3 Å². The molecule has 0 saturated heterocycles. The van der Waals surface area contributed by atoms with Crippen LogP contribution in [-0.4, -0.2) is 48.4 Å². The van der Waals surface area contributed by atoms with Crippen LogP contribution in [0.4, 0.5) is 26.3 Å². The Morgan fingerprint density at radius 1 is 1.09 bits per heavy atom. The molecule has 0 aromatic heterocycles. The molecule has 4 nitrogen and oxygen atoms in total. The first-order valence-electron chi connectivity index (χ1n) is 6.37. The van der Waals surface area contributed by atoms with E-state index < -0.39 is 36.4 Å². The lowest BCUT2D eigenvalue weighted by molar-refractivity contribution is -0.304. The van der Waals surface area contributed by atoms with Crippen LogP contribution in [0.5, 0.6) is 5.75 Å². The van der Waals surface area contributed by atoms with Crippen molar-refractivity contribution in [3.05, 3.63) is 29.8 Å². The van der Waals surface area contributed by atoms with Crippen molar-refractivity contribution in [2.24, 2.45) is 0 Å². The summed E-state index contributed by atoms with van der Waals surface area (Å²) in [5.74, 6) is -0.721. The summed E-state index contributed by atoms with van der Waals surface area (Å²) < 4.78 is 78.5. The van der Waals surface area contributed by atoms with Crippen LogP contribution in [0.2, 0.25) is 0 Å². The van der Waals surface area contributed by atoms with Gasteiger partial charge in [-0.15, -0.1) is 0 Å². The fourth-order valence-electron chi connectivity index (χ4n) is 1.68. The molecule has 23 heavy (non-hydrogen) atoms. The highest BCUT2D eigenvalue weighted by Gasteiger charge is 2.59. The lowest BCUT2D eigenvalue weighted by atomic mass is 10.0. The predicted molar refractivity (Wildman–Crippen MR) is 67.9 cm³/mol. The highest BCUT2D eigenvalue weighted by atomic mass is 19.4. The highest BCUT2D eigenvalue weighted by Crippen LogP contribution is 2.36. The molecule has 0 aliphatic rings. The fraction of sp³-hybridized carbons (Fsp3) is 0.538. The van der Waals surface area contributed by atoms with E-state index in [0.717, 1.165) is 24.3 Å². The van der Waals surface area contributed by atoms with Crippen molar-refractivity contribution in [2.45, 2.75) is 30.7 Å². The van der Waals surface area contributed by atoms with Gasteiger partial charge in [0.1, 0.15) is 11.9 Å². The smallest absolute Gasteiger partial charge is 0.430 e. The van der Waals surface area contributed by atoms with Crippen LogP contribution in [0, 0.1) is 0 Å². The minimum Gasteiger partial charge on any atom is -0.430 e. The van der Waals surface area contributed by atoms with Gasteiger partial charge in [0.15, 0.2) is 0 Å². The molecule has 1 aromatic carbocycles. The van der Waals surface area contributed by atoms with E-state index in [-0.39, 0.29) is 12.1 Å². The Balaban J connectivity index is 2.81. The fourth-order valence-corrected chi connectivity index (χ4v) is 1.68. The second kappa shape index (κ2) is 7.37. The molecule has 0 saturated carbocycles. The molecule has 2 unspecified atom stereocenters. The number of hydrogen-bond donors (Lipinski definition) is 3. The molecular formula is C13H15F6NO3. The second-order valence-electron chi connectivity index (χ2n) is 4.71. The summed E-state index contributed by atoms with van der Waals surface area (Å²) in [7, 11) is 1.53. The minimum absolute atomic E-state index is 0.0482. The number of aliphatic hydroxyl groups excluding tert-OH is 2. The molecule has 0 amide bonds. The maximum absolute atomic E-state index is 13.1. The van der Waals surface area contributed by atoms with Crippen LogP contribution < -0.4 is 10.1 Å². The summed E-state index contributed by atoms with van der Waals surface area (Å²) in [6.07, 6.45) is -17.9. The normalized spacial score (nSPS) is 16.7. The number of halogens is 6. The van der Waals surface area contributed by atoms with Gasteiger partial charge in [0, 0.05) is 6.54 Å². The Morgan fingerprint density at radius 2 is 1.61 bits per heavy atom. The third kappa shape index (κ3) is 5.26. The van der Waals surface area contributed by atoms with Gasteiger partial charge < -0.3 is 20.3 Å². The first kappa shape index (κ1) is 19.5. The number of hydrogen-bond acceptors (Lipinski definition) is 4. The molecule has 3 N–H and O–H groups in total. The van der Waals surface area contributed by atoms with Crippen molar-refractivity contribution in [1.29, 1.82) is 0 Å². The molecule has 1 aromatic rings. The number of benzene rings is 1. The zero-order valence-electron chi connectivity index (χ0n) is 11.8. The predicted octanol–water partition coefficient (Wildman–Crippen LogP) is 2.17. The largest absolute Gasteiger partial charge is 0.439 e. The highest BCUT2D eigenvalue weighted by molar-refractivity contribution is 5.29. The Labute approximate surface area is 127 Å². The van der Waals surface area contributed by atoms with E-state index in [1.807, 2.05) is 0 Å². The van der Waals surface area contributed by atoms with E-state index in [1.165, 1.54) is 7.05 Å². The van der Waals surface area contributed by atoms with Crippen molar-refractivity contribution >= 4 is 0 Å². The van der Waals surface area contributed by atoms with Crippen molar-refractivity contribution in [3.8, 4) is 5.75 Å². The first-order valence-corrected chi connectivity index (χ1v) is 6.37. The monoisotopic (exact) mass is 347 g/mol. The number of rotatable bonds is 7. The van der Waals surface area contributed by atoms with Gasteiger partial charge in [-0.25, -0.2) is 4.39 Å². The van der Waals surface area contributed by atoms with E-state index in [2.05, 4.69) is 10.1 Å². The number of ether oxygens (including phenoxy) is 1. The average molecular weight is 347 g/mol. The zero-order chi connectivity index (χ0) is 17.8. The number of likely N-dealkylation sites (N-methyl/N-ethyl adjacent to an activating group) is 1. The molecular weight excluding hydrogens is 332 g/mol. The molecule has 0 bridgehead atoms. The van der Waals surface area contributed by atoms with Crippen LogP contribution >= 0.6 is 0 Å². The van der Waals surface area contributed by atoms with Gasteiger partial charge in [-0.2, -0.15) is 22.0 Å². The molecule has 0 radical (unpaired) electrons. The molecule has 0 aliphatic heterocycles. The van der Waals surface area contributed by atoms with E-state index >= 15 is 0 Å². The maximum atomic E-state index is 13.1. The molecule has 3 atom stereocenters. The molecule has 0 fully saturated rings. The third-order valence-corrected chi connectivity index (χ3v) is 2.84. The number of aliphatic hydroxyl groups is 2. The molecule has 10 heteroatoms. The standard InChI is InChI=1S/C13H15F6NO3/c1-20-6-9(21)10(22)7-2-4-8(5-3-7)23-13(18,19)11(14)12(15,16)17/h2-5,9-11,20-22H,6H2,1H3/t9?,10?,11-/m1/s1. The van der Waals surface area contributed by atoms with Gasteiger partial charge >= 0.3 is 12.3 Å². The van der Waals surface area contributed by atoms with Crippen LogP contribution in [-0.2, 0) is 0 Å². The summed E-state index contributed by atoms with van der Waals surface area (Å²) in [5, 5.41) is 21.9. The lowest BCUT2D eigenvalue weighted by Gasteiger charge is -2.23. The van der Waals surface area contributed by atoms with E-state index in [0.29, 0.717) is 0 Å². The second-order valence-corrected chi connectivity index (χ2v) is 4.71. The van der Waals surface area contributed by atoms with Gasteiger partial charge in [-0.05, 0) is 24.7 Å². The summed E-state index contributed by atoms with van der Waals surface area (Å²) in [6.45, 7) is 0.0482. The maximum Gasteiger partial charge on any atom is 0.439 e. The summed E-state index contributed by atoms with van der Waals surface area (Å²) >= 11 is 0. The van der Waals surface area contributed by atoms with Crippen LogP contribution in [0.3, 0.4) is 0 Å². The summed E-state index contributed by atoms with van der Waals surface area (Å²) in [4.78, 5) is 0. The van der Waals surface area contributed by atoms with Crippen molar-refractivity contribution in [3.63, 3.8) is 0 Å². The molecule has 0 spiro atoms. The topological polar surface area (TPSA) is 61.7 Å². The van der Waals surface area contributed by atoms with Crippen LogP contribution in [0.25, 0.3) is 0 Å². The van der Waals surface area contributed by atoms with Crippen molar-refractivity contribution in [2.75, 3.05) is 13.6 Å². The van der Waals surface area contributed by atoms with E-state index in [9.17, 15) is 36.6 Å². The average Bonchev–Trinajstić information content (AvgIpc) is 2.45. The molecule has 0 aliphatic carbocycles. The summed E-state index contributed by atoms with van der Waals surface area (Å²) in [5.41, 5.74) is 0.121. The minimum atomic E-state index is -5.77. The van der Waals surface area contributed by atoms with Gasteiger partial charge in [-0.1, -0.05) is 12.1 Å². The summed E-state index contributed by atoms with van der Waals surface area (Å²) in [6, 6.07) is 3.80. The lowest BCUT2D eigenvalue weighted by Crippen LogP contribution is -2.45. The van der Waals surface area contributed by atoms with E-state index in [1.54, 1.807) is 0 Å². The molecule has 132 valence electrons. The zero-order valence-corrected chi connectivity index (χ0v) is 11.8. The van der Waals surface area contributed by atoms with Gasteiger partial charge in [0.25, 0.3) is 6.17 Å². The Bertz CT molecular complexity index is 493. The SMILES string of the molecule is CNCC(O)C(O)c1ccc(OC(F)(F)[C@H](F)C(F)(F)F)cc1. The van der Waals surface area contributed by atoms with Crippen molar-refractivity contribution < 1.29 is 41.3 Å². The third-order valence-electron chi connectivity index (χ3n) is 2.84. The van der Waals surface area contributed by atoms with Crippen LogP contribution in [0.1, 0.15) is 11.7 Å². The molecule has 0 heterocycles. The van der Waals surface area contributed by atoms with Crippen molar-refractivity contribution in [1.82, 2.24) is 5.32 Å². The molecule has 1 rings (SSSR count). The Kier molecular flexibility index (Phi) is 6.25. The first-order chi connectivity index (χ1) is 10.5. The van der Waals surface area contributed by atoms with Gasteiger partial charge in [0.05, 0.1) is 6.10 Å². The van der Waals surface area contributed by atoms with E-state index in [4.69, 9.17) is 0 Å². The quantitative estimate of drug-likeness (QED) is 0.662. The number of nitrogens with one attached hydrogen (secondary N) is 1. The number of alkyl halides is 6.